The van der Waals surface area contributed by atoms with Crippen LogP contribution < -0.4 is 15.4 Å². The first kappa shape index (κ1) is 28.6. The van der Waals surface area contributed by atoms with Gasteiger partial charge >= 0.3 is 6.03 Å². The van der Waals surface area contributed by atoms with Crippen LogP contribution in [0.1, 0.15) is 46.0 Å². The van der Waals surface area contributed by atoms with Crippen molar-refractivity contribution in [2.75, 3.05) is 37.4 Å². The number of benzene rings is 1. The van der Waals surface area contributed by atoms with Gasteiger partial charge in [0.2, 0.25) is 0 Å². The normalized spacial score (nSPS) is 17.6. The molecule has 3 N–H and O–H groups in total. The summed E-state index contributed by atoms with van der Waals surface area (Å²) in [6.07, 6.45) is 2.46. The highest BCUT2D eigenvalue weighted by Crippen LogP contribution is 2.35. The van der Waals surface area contributed by atoms with Gasteiger partial charge in [-0.25, -0.2) is 4.79 Å². The zero-order valence-corrected chi connectivity index (χ0v) is 23.2. The van der Waals surface area contributed by atoms with Gasteiger partial charge in [0.1, 0.15) is 17.5 Å². The van der Waals surface area contributed by atoms with Crippen LogP contribution in [-0.4, -0.2) is 81.8 Å². The molecule has 3 aromatic rings. The van der Waals surface area contributed by atoms with E-state index in [2.05, 4.69) is 20.8 Å². The second kappa shape index (κ2) is 12.2. The van der Waals surface area contributed by atoms with Gasteiger partial charge in [-0.05, 0) is 45.0 Å². The Morgan fingerprint density at radius 2 is 1.93 bits per heavy atom. The number of nitrogens with zero attached hydrogens (tertiary/aromatic N) is 4. The van der Waals surface area contributed by atoms with Gasteiger partial charge in [-0.2, -0.15) is 0 Å². The van der Waals surface area contributed by atoms with Crippen molar-refractivity contribution in [3.8, 4) is 5.75 Å². The van der Waals surface area contributed by atoms with E-state index in [9.17, 15) is 19.5 Å². The van der Waals surface area contributed by atoms with Crippen LogP contribution in [0.5, 0.6) is 5.75 Å². The molecular weight excluding hydrogens is 516 g/mol. The first-order chi connectivity index (χ1) is 19.1. The highest BCUT2D eigenvalue weighted by molar-refractivity contribution is 6.07. The number of ether oxygens (including phenoxy) is 1. The maximum Gasteiger partial charge on any atom is 0.321 e. The number of aliphatic hydroxyl groups excluding tert-OH is 1. The molecule has 0 saturated heterocycles. The molecule has 0 fully saturated rings. The number of aromatic nitrogens is 2. The largest absolute Gasteiger partial charge is 0.485 e. The molecule has 3 heterocycles. The minimum Gasteiger partial charge on any atom is -0.485 e. The SMILES string of the molecule is Cc1noc(C)c1NC(=O)N(C)C[C@H]1Oc2c(NC(=O)c3ccncc3)cccc2C(=O)N([C@H](C)CO)C[C@@H]1C. The number of carbonyl (C=O) groups is 3. The molecule has 40 heavy (non-hydrogen) atoms. The van der Waals surface area contributed by atoms with Gasteiger partial charge in [-0.3, -0.25) is 14.6 Å². The summed E-state index contributed by atoms with van der Waals surface area (Å²) in [6.45, 7) is 7.35. The molecule has 3 atom stereocenters. The average molecular weight is 551 g/mol. The molecule has 1 aliphatic heterocycles. The highest BCUT2D eigenvalue weighted by Gasteiger charge is 2.35. The molecule has 0 spiro atoms. The minimum absolute atomic E-state index is 0.165. The Balaban J connectivity index is 1.66. The summed E-state index contributed by atoms with van der Waals surface area (Å²) in [5, 5.41) is 19.4. The van der Waals surface area contributed by atoms with Crippen LogP contribution >= 0.6 is 0 Å². The fraction of sp³-hybridized carbons (Fsp3) is 0.393. The Morgan fingerprint density at radius 3 is 2.58 bits per heavy atom. The molecule has 1 aromatic carbocycles. The number of aryl methyl sites for hydroxylation is 2. The molecule has 0 unspecified atom stereocenters. The zero-order chi connectivity index (χ0) is 29.0. The number of hydrogen-bond donors (Lipinski definition) is 3. The second-order valence-electron chi connectivity index (χ2n) is 10.0. The van der Waals surface area contributed by atoms with Crippen molar-refractivity contribution in [1.82, 2.24) is 19.9 Å². The molecule has 2 aromatic heterocycles. The minimum atomic E-state index is -0.570. The Morgan fingerprint density at radius 1 is 1.20 bits per heavy atom. The highest BCUT2D eigenvalue weighted by atomic mass is 16.5. The van der Waals surface area contributed by atoms with Gasteiger partial charge in [0.25, 0.3) is 11.8 Å². The van der Waals surface area contributed by atoms with Crippen molar-refractivity contribution >= 4 is 29.2 Å². The fourth-order valence-corrected chi connectivity index (χ4v) is 4.47. The summed E-state index contributed by atoms with van der Waals surface area (Å²) in [6, 6.07) is 7.25. The van der Waals surface area contributed by atoms with E-state index < -0.39 is 18.1 Å². The summed E-state index contributed by atoms with van der Waals surface area (Å²) < 4.78 is 11.6. The number of carbonyl (C=O) groups excluding carboxylic acids is 3. The van der Waals surface area contributed by atoms with Crippen molar-refractivity contribution in [3.05, 3.63) is 65.3 Å². The summed E-state index contributed by atoms with van der Waals surface area (Å²) in [5.74, 6) is -0.280. The predicted octanol–water partition coefficient (Wildman–Crippen LogP) is 3.32. The van der Waals surface area contributed by atoms with E-state index >= 15 is 0 Å². The number of fused-ring (bicyclic) bond motifs is 1. The summed E-state index contributed by atoms with van der Waals surface area (Å²) in [4.78, 5) is 46.7. The topological polar surface area (TPSA) is 150 Å². The molecule has 212 valence electrons. The number of rotatable bonds is 7. The molecule has 4 rings (SSSR count). The van der Waals surface area contributed by atoms with E-state index in [0.717, 1.165) is 0 Å². The molecule has 1 aliphatic rings. The molecule has 4 amide bonds. The zero-order valence-electron chi connectivity index (χ0n) is 23.2. The maximum absolute atomic E-state index is 13.6. The number of urea groups is 1. The van der Waals surface area contributed by atoms with Crippen LogP contribution in [0, 0.1) is 19.8 Å². The standard InChI is InChI=1S/C28H34N6O6/c1-16-13-34(17(2)15-35)27(37)21-7-6-8-22(30-26(36)20-9-11-29-12-10-20)25(21)39-23(16)14-33(5)28(38)31-24-18(3)32-40-19(24)4/h6-12,16-17,23,35H,13-15H2,1-5H3,(H,30,36)(H,31,38)/t16-,17+,23+/m0/s1. The lowest BCUT2D eigenvalue weighted by atomic mass is 9.99. The number of aliphatic hydroxyl groups is 1. The molecule has 12 nitrogen and oxygen atoms in total. The van der Waals surface area contributed by atoms with Crippen molar-refractivity contribution in [2.45, 2.75) is 39.8 Å². The number of hydrogen-bond acceptors (Lipinski definition) is 8. The lowest BCUT2D eigenvalue weighted by Crippen LogP contribution is -2.50. The van der Waals surface area contributed by atoms with Gasteiger partial charge in [0.05, 0.1) is 30.4 Å². The van der Waals surface area contributed by atoms with Crippen LogP contribution in [0.2, 0.25) is 0 Å². The van der Waals surface area contributed by atoms with Crippen molar-refractivity contribution in [3.63, 3.8) is 0 Å². The summed E-state index contributed by atoms with van der Waals surface area (Å²) in [7, 11) is 1.64. The van der Waals surface area contributed by atoms with Gasteiger partial charge in [-0.1, -0.05) is 18.1 Å². The van der Waals surface area contributed by atoms with Crippen LogP contribution in [-0.2, 0) is 0 Å². The Hall–Kier alpha value is -4.45. The van der Waals surface area contributed by atoms with Gasteiger partial charge in [-0.15, -0.1) is 0 Å². The number of nitrogens with one attached hydrogen (secondary N) is 2. The first-order valence-corrected chi connectivity index (χ1v) is 13.0. The van der Waals surface area contributed by atoms with Crippen LogP contribution in [0.4, 0.5) is 16.2 Å². The molecular formula is C28H34N6O6. The average Bonchev–Trinajstić information content (AvgIpc) is 3.27. The number of anilines is 2. The predicted molar refractivity (Wildman–Crippen MR) is 147 cm³/mol. The lowest BCUT2D eigenvalue weighted by molar-refractivity contribution is 0.0372. The Bertz CT molecular complexity index is 1360. The molecule has 0 bridgehead atoms. The summed E-state index contributed by atoms with van der Waals surface area (Å²) in [5.41, 5.74) is 2.01. The van der Waals surface area contributed by atoms with Crippen LogP contribution in [0.25, 0.3) is 0 Å². The molecule has 0 radical (unpaired) electrons. The van der Waals surface area contributed by atoms with Crippen molar-refractivity contribution in [2.24, 2.45) is 5.92 Å². The Labute approximate surface area is 232 Å². The van der Waals surface area contributed by atoms with E-state index in [1.54, 1.807) is 63.1 Å². The van der Waals surface area contributed by atoms with E-state index in [4.69, 9.17) is 9.26 Å². The van der Waals surface area contributed by atoms with Crippen molar-refractivity contribution < 1.29 is 28.8 Å². The quantitative estimate of drug-likeness (QED) is 0.405. The van der Waals surface area contributed by atoms with E-state index in [1.807, 2.05) is 6.92 Å². The monoisotopic (exact) mass is 550 g/mol. The smallest absolute Gasteiger partial charge is 0.321 e. The fourth-order valence-electron chi connectivity index (χ4n) is 4.47. The van der Waals surface area contributed by atoms with Crippen molar-refractivity contribution in [1.29, 1.82) is 0 Å². The summed E-state index contributed by atoms with van der Waals surface area (Å²) >= 11 is 0. The lowest BCUT2D eigenvalue weighted by Gasteiger charge is -2.38. The third kappa shape index (κ3) is 6.07. The van der Waals surface area contributed by atoms with Gasteiger partial charge in [0.15, 0.2) is 11.5 Å². The van der Waals surface area contributed by atoms with E-state index in [1.165, 1.54) is 17.3 Å². The molecule has 0 aliphatic carbocycles. The third-order valence-electron chi connectivity index (χ3n) is 6.95. The number of amides is 4. The Kier molecular flexibility index (Phi) is 8.68. The van der Waals surface area contributed by atoms with Crippen LogP contribution in [0.3, 0.4) is 0 Å². The maximum atomic E-state index is 13.6. The molecule has 12 heteroatoms. The van der Waals surface area contributed by atoms with Gasteiger partial charge < -0.3 is 34.8 Å². The number of likely N-dealkylation sites (N-methyl/N-ethyl adjacent to an activating group) is 1. The number of para-hydroxylation sites is 1. The van der Waals surface area contributed by atoms with Crippen LogP contribution in [0.15, 0.2) is 47.2 Å². The van der Waals surface area contributed by atoms with Gasteiger partial charge in [0, 0.05) is 37.5 Å². The second-order valence-corrected chi connectivity index (χ2v) is 10.0. The van der Waals surface area contributed by atoms with E-state index in [0.29, 0.717) is 28.4 Å². The molecule has 0 saturated carbocycles. The third-order valence-corrected chi connectivity index (χ3v) is 6.95. The van der Waals surface area contributed by atoms with E-state index in [-0.39, 0.29) is 48.9 Å². The first-order valence-electron chi connectivity index (χ1n) is 13.0. The number of pyridine rings is 1.